The minimum Gasteiger partial charge on any atom is -0.462 e. The van der Waals surface area contributed by atoms with Crippen molar-refractivity contribution in [3.63, 3.8) is 0 Å². The van der Waals surface area contributed by atoms with Gasteiger partial charge in [0.1, 0.15) is 19.3 Å². The molecule has 528 valence electrons. The van der Waals surface area contributed by atoms with Crippen molar-refractivity contribution >= 4 is 39.5 Å². The summed E-state index contributed by atoms with van der Waals surface area (Å²) in [5.41, 5.74) is 0. The summed E-state index contributed by atoms with van der Waals surface area (Å²) < 4.78 is 68.1. The molecule has 0 aromatic rings. The molecule has 0 radical (unpaired) electrons. The zero-order valence-corrected chi connectivity index (χ0v) is 59.2. The van der Waals surface area contributed by atoms with Crippen molar-refractivity contribution in [3.8, 4) is 0 Å². The molecule has 0 aromatic carbocycles. The molecule has 0 bridgehead atoms. The standard InChI is InChI=1S/C70H136O17P2/c1-5-9-13-17-20-23-26-29-31-32-33-36-39-42-45-49-53-57-70(75)87-66(61-81-68(73)55-51-47-43-40-37-35-30-27-24-21-18-14-10-6-2)63-85-89(78,79)83-59-64(71)58-82-88(76,77)84-62-65(60-80-67(72)54-50-46-16-12-8-4)86-69(74)56-52-48-44-41-38-34-28-25-22-19-15-11-7-3/h64-66,71H,5-63H2,1-4H3,(H,76,77)(H,78,79)/t64-,65+,66+/m0/s1. The van der Waals surface area contributed by atoms with Crippen LogP contribution in [0, 0.1) is 0 Å². The first-order chi connectivity index (χ1) is 43.2. The maximum atomic E-state index is 13.0. The van der Waals surface area contributed by atoms with E-state index in [1.165, 1.54) is 193 Å². The van der Waals surface area contributed by atoms with E-state index in [-0.39, 0.29) is 25.7 Å². The lowest BCUT2D eigenvalue weighted by molar-refractivity contribution is -0.161. The van der Waals surface area contributed by atoms with Crippen LogP contribution in [-0.4, -0.2) is 96.7 Å². The van der Waals surface area contributed by atoms with Gasteiger partial charge in [-0.3, -0.25) is 37.3 Å². The normalized spacial score (nSPS) is 14.0. The molecule has 0 heterocycles. The molecule has 0 aliphatic rings. The second-order valence-electron chi connectivity index (χ2n) is 25.3. The van der Waals surface area contributed by atoms with E-state index in [0.717, 1.165) is 96.3 Å². The van der Waals surface area contributed by atoms with E-state index in [0.29, 0.717) is 25.7 Å². The lowest BCUT2D eigenvalue weighted by atomic mass is 10.0. The van der Waals surface area contributed by atoms with Crippen LogP contribution in [0.25, 0.3) is 0 Å². The summed E-state index contributed by atoms with van der Waals surface area (Å²) in [7, 11) is -9.89. The highest BCUT2D eigenvalue weighted by Crippen LogP contribution is 2.45. The number of ether oxygens (including phenoxy) is 4. The van der Waals surface area contributed by atoms with Crippen molar-refractivity contribution in [3.05, 3.63) is 0 Å². The summed E-state index contributed by atoms with van der Waals surface area (Å²) in [6, 6.07) is 0. The van der Waals surface area contributed by atoms with E-state index < -0.39 is 97.5 Å². The van der Waals surface area contributed by atoms with Gasteiger partial charge in [0.05, 0.1) is 26.4 Å². The van der Waals surface area contributed by atoms with Gasteiger partial charge in [-0.05, 0) is 25.7 Å². The predicted molar refractivity (Wildman–Crippen MR) is 359 cm³/mol. The molecular weight excluding hydrogens is 1170 g/mol. The number of rotatable bonds is 71. The summed E-state index contributed by atoms with van der Waals surface area (Å²) in [6.45, 7) is 4.87. The van der Waals surface area contributed by atoms with Gasteiger partial charge in [-0.15, -0.1) is 0 Å². The second kappa shape index (κ2) is 64.8. The molecule has 0 amide bonds. The average molecular weight is 1310 g/mol. The quantitative estimate of drug-likeness (QED) is 0.0222. The van der Waals surface area contributed by atoms with Gasteiger partial charge in [0.25, 0.3) is 0 Å². The lowest BCUT2D eigenvalue weighted by Crippen LogP contribution is -2.30. The molecule has 17 nitrogen and oxygen atoms in total. The van der Waals surface area contributed by atoms with Crippen molar-refractivity contribution in [2.75, 3.05) is 39.6 Å². The molecule has 0 aliphatic heterocycles. The number of aliphatic hydroxyl groups is 1. The van der Waals surface area contributed by atoms with Crippen LogP contribution >= 0.6 is 15.6 Å². The molecule has 0 saturated heterocycles. The van der Waals surface area contributed by atoms with E-state index in [2.05, 4.69) is 27.7 Å². The third kappa shape index (κ3) is 64.6. The third-order valence-corrected chi connectivity index (χ3v) is 18.3. The van der Waals surface area contributed by atoms with Crippen LogP contribution in [-0.2, 0) is 65.4 Å². The molecule has 0 aliphatic carbocycles. The molecule has 0 saturated carbocycles. The topological polar surface area (TPSA) is 237 Å². The van der Waals surface area contributed by atoms with E-state index >= 15 is 0 Å². The van der Waals surface area contributed by atoms with Crippen molar-refractivity contribution in [2.45, 2.75) is 386 Å². The Kier molecular flexibility index (Phi) is 63.3. The lowest BCUT2D eigenvalue weighted by Gasteiger charge is -2.21. The summed E-state index contributed by atoms with van der Waals surface area (Å²) in [4.78, 5) is 72.3. The van der Waals surface area contributed by atoms with Gasteiger partial charge in [-0.25, -0.2) is 9.13 Å². The molecule has 0 aromatic heterocycles. The SMILES string of the molecule is CCCCCCCCCCCCCCCCCCCC(=O)O[C@H](COC(=O)CCCCCCCCCCCCCCCC)COP(=O)(O)OC[C@@H](O)COP(=O)(O)OC[C@@H](COC(=O)CCCCCCC)OC(=O)CCCCCCCCCCCCCCC. The number of esters is 4. The molecule has 19 heteroatoms. The molecule has 3 N–H and O–H groups in total. The van der Waals surface area contributed by atoms with Gasteiger partial charge in [0.2, 0.25) is 0 Å². The van der Waals surface area contributed by atoms with Crippen LogP contribution in [0.2, 0.25) is 0 Å². The molecule has 5 atom stereocenters. The Hall–Kier alpha value is -1.94. The fourth-order valence-electron chi connectivity index (χ4n) is 10.7. The summed E-state index contributed by atoms with van der Waals surface area (Å²) in [6.07, 6.45) is 53.0. The Morgan fingerprint density at radius 2 is 0.449 bits per heavy atom. The zero-order valence-electron chi connectivity index (χ0n) is 57.4. The molecule has 0 fully saturated rings. The monoisotopic (exact) mass is 1310 g/mol. The van der Waals surface area contributed by atoms with Crippen LogP contribution in [0.1, 0.15) is 368 Å². The third-order valence-electron chi connectivity index (χ3n) is 16.4. The highest BCUT2D eigenvalue weighted by atomic mass is 31.2. The van der Waals surface area contributed by atoms with Gasteiger partial charge in [0.15, 0.2) is 12.2 Å². The molecule has 89 heavy (non-hydrogen) atoms. The number of hydrogen-bond donors (Lipinski definition) is 3. The Morgan fingerprint density at radius 1 is 0.270 bits per heavy atom. The number of carbonyl (C=O) groups excluding carboxylic acids is 4. The first-order valence-electron chi connectivity index (χ1n) is 36.8. The fraction of sp³-hybridized carbons (Fsp3) is 0.943. The second-order valence-corrected chi connectivity index (χ2v) is 28.2. The minimum atomic E-state index is -4.95. The number of phosphoric ester groups is 2. The van der Waals surface area contributed by atoms with Crippen LogP contribution in [0.5, 0.6) is 0 Å². The number of unbranched alkanes of at least 4 members (excludes halogenated alkanes) is 45. The first kappa shape index (κ1) is 87.1. The summed E-state index contributed by atoms with van der Waals surface area (Å²) in [5, 5.41) is 10.6. The number of aliphatic hydroxyl groups excluding tert-OH is 1. The summed E-state index contributed by atoms with van der Waals surface area (Å²) in [5.74, 6) is -2.13. The van der Waals surface area contributed by atoms with Crippen LogP contribution in [0.15, 0.2) is 0 Å². The number of hydrogen-bond acceptors (Lipinski definition) is 15. The van der Waals surface area contributed by atoms with Crippen LogP contribution in [0.4, 0.5) is 0 Å². The zero-order chi connectivity index (χ0) is 65.4. The van der Waals surface area contributed by atoms with E-state index in [1.54, 1.807) is 0 Å². The number of phosphoric acid groups is 2. The first-order valence-corrected chi connectivity index (χ1v) is 39.8. The van der Waals surface area contributed by atoms with Gasteiger partial charge in [-0.2, -0.15) is 0 Å². The summed E-state index contributed by atoms with van der Waals surface area (Å²) >= 11 is 0. The van der Waals surface area contributed by atoms with E-state index in [4.69, 9.17) is 37.0 Å². The molecule has 2 unspecified atom stereocenters. The Labute approximate surface area is 543 Å². The van der Waals surface area contributed by atoms with Crippen molar-refractivity contribution in [1.82, 2.24) is 0 Å². The molecule has 0 spiro atoms. The predicted octanol–water partition coefficient (Wildman–Crippen LogP) is 20.3. The smallest absolute Gasteiger partial charge is 0.462 e. The highest BCUT2D eigenvalue weighted by Gasteiger charge is 2.30. The number of carbonyl (C=O) groups is 4. The van der Waals surface area contributed by atoms with Crippen molar-refractivity contribution in [1.29, 1.82) is 0 Å². The largest absolute Gasteiger partial charge is 0.472 e. The minimum absolute atomic E-state index is 0.107. The Bertz CT molecular complexity index is 1710. The average Bonchev–Trinajstić information content (AvgIpc) is 3.68. The van der Waals surface area contributed by atoms with Crippen molar-refractivity contribution < 1.29 is 80.2 Å². The van der Waals surface area contributed by atoms with Gasteiger partial charge in [-0.1, -0.05) is 317 Å². The van der Waals surface area contributed by atoms with Gasteiger partial charge < -0.3 is 33.8 Å². The highest BCUT2D eigenvalue weighted by molar-refractivity contribution is 7.47. The Morgan fingerprint density at radius 3 is 0.663 bits per heavy atom. The van der Waals surface area contributed by atoms with Crippen LogP contribution < -0.4 is 0 Å². The fourth-order valence-corrected chi connectivity index (χ4v) is 12.3. The Balaban J connectivity index is 5.15. The maximum absolute atomic E-state index is 13.0. The van der Waals surface area contributed by atoms with Gasteiger partial charge >= 0.3 is 39.5 Å². The van der Waals surface area contributed by atoms with Crippen molar-refractivity contribution in [2.24, 2.45) is 0 Å². The van der Waals surface area contributed by atoms with Crippen LogP contribution in [0.3, 0.4) is 0 Å². The van der Waals surface area contributed by atoms with E-state index in [1.807, 2.05) is 0 Å². The van der Waals surface area contributed by atoms with Gasteiger partial charge in [0, 0.05) is 25.7 Å². The molecular formula is C70H136O17P2. The molecule has 0 rings (SSSR count). The van der Waals surface area contributed by atoms with E-state index in [9.17, 15) is 43.2 Å². The maximum Gasteiger partial charge on any atom is 0.472 e.